The number of amides is 1. The van der Waals surface area contributed by atoms with E-state index in [2.05, 4.69) is 28.9 Å². The topological polar surface area (TPSA) is 68.3 Å². The molecule has 1 rings (SSSR count). The van der Waals surface area contributed by atoms with E-state index in [1.807, 2.05) is 5.38 Å². The molecule has 1 atom stereocenters. The van der Waals surface area contributed by atoms with Gasteiger partial charge in [-0.25, -0.2) is 4.98 Å². The first kappa shape index (κ1) is 16.6. The molecule has 0 saturated carbocycles. The molecule has 1 N–H and O–H groups in total. The zero-order valence-electron chi connectivity index (χ0n) is 12.3. The summed E-state index contributed by atoms with van der Waals surface area (Å²) in [5, 5.41) is 5.36. The summed E-state index contributed by atoms with van der Waals surface area (Å²) in [4.78, 5) is 27.1. The van der Waals surface area contributed by atoms with E-state index < -0.39 is 0 Å². The highest BCUT2D eigenvalue weighted by Crippen LogP contribution is 2.18. The van der Waals surface area contributed by atoms with Crippen molar-refractivity contribution in [1.29, 1.82) is 0 Å². The van der Waals surface area contributed by atoms with Crippen molar-refractivity contribution in [1.82, 2.24) is 4.98 Å². The monoisotopic (exact) mass is 298 g/mol. The smallest absolute Gasteiger partial charge is 0.305 e. The van der Waals surface area contributed by atoms with Gasteiger partial charge >= 0.3 is 5.97 Å². The second kappa shape index (κ2) is 8.68. The highest BCUT2D eigenvalue weighted by molar-refractivity contribution is 7.13. The number of thiazole rings is 1. The van der Waals surface area contributed by atoms with Gasteiger partial charge in [-0.1, -0.05) is 20.3 Å². The van der Waals surface area contributed by atoms with Crippen LogP contribution in [0, 0.1) is 5.92 Å². The Morgan fingerprint density at radius 3 is 2.90 bits per heavy atom. The largest absolute Gasteiger partial charge is 0.469 e. The number of rotatable bonds is 8. The molecule has 5 nitrogen and oxygen atoms in total. The molecule has 112 valence electrons. The summed E-state index contributed by atoms with van der Waals surface area (Å²) in [6, 6.07) is 0. The van der Waals surface area contributed by atoms with Gasteiger partial charge < -0.3 is 10.1 Å². The van der Waals surface area contributed by atoms with E-state index in [1.54, 1.807) is 0 Å². The van der Waals surface area contributed by atoms with Gasteiger partial charge in [0.05, 0.1) is 12.8 Å². The van der Waals surface area contributed by atoms with Crippen molar-refractivity contribution in [2.75, 3.05) is 12.4 Å². The highest BCUT2D eigenvalue weighted by Gasteiger charge is 2.10. The molecule has 1 aromatic rings. The first-order valence-electron chi connectivity index (χ1n) is 6.86. The van der Waals surface area contributed by atoms with E-state index in [0.29, 0.717) is 36.7 Å². The average Bonchev–Trinajstić information content (AvgIpc) is 2.85. The second-order valence-corrected chi connectivity index (χ2v) is 5.70. The highest BCUT2D eigenvalue weighted by atomic mass is 32.1. The third-order valence-electron chi connectivity index (χ3n) is 3.07. The van der Waals surface area contributed by atoms with Gasteiger partial charge in [-0.2, -0.15) is 0 Å². The van der Waals surface area contributed by atoms with Crippen LogP contribution in [0.15, 0.2) is 5.38 Å². The maximum atomic E-state index is 11.7. The molecule has 1 heterocycles. The Bertz CT molecular complexity index is 445. The zero-order valence-corrected chi connectivity index (χ0v) is 13.1. The number of aryl methyl sites for hydroxylation is 1. The molecule has 0 fully saturated rings. The SMILES string of the molecule is CCC(C)CC(=O)Nc1nc(CCCC(=O)OC)cs1. The van der Waals surface area contributed by atoms with Crippen molar-refractivity contribution in [2.24, 2.45) is 5.92 Å². The summed E-state index contributed by atoms with van der Waals surface area (Å²) in [6.07, 6.45) is 3.32. The van der Waals surface area contributed by atoms with Crippen molar-refractivity contribution in [3.8, 4) is 0 Å². The number of anilines is 1. The number of carbonyl (C=O) groups is 2. The maximum absolute atomic E-state index is 11.7. The van der Waals surface area contributed by atoms with Crippen LogP contribution in [0.3, 0.4) is 0 Å². The third-order valence-corrected chi connectivity index (χ3v) is 3.88. The van der Waals surface area contributed by atoms with Gasteiger partial charge in [0.15, 0.2) is 5.13 Å². The van der Waals surface area contributed by atoms with Gasteiger partial charge in [-0.05, 0) is 18.8 Å². The van der Waals surface area contributed by atoms with Gasteiger partial charge in [-0.15, -0.1) is 11.3 Å². The van der Waals surface area contributed by atoms with Crippen LogP contribution < -0.4 is 5.32 Å². The second-order valence-electron chi connectivity index (χ2n) is 4.84. The summed E-state index contributed by atoms with van der Waals surface area (Å²) >= 11 is 1.42. The van der Waals surface area contributed by atoms with Crippen molar-refractivity contribution < 1.29 is 14.3 Å². The lowest BCUT2D eigenvalue weighted by molar-refractivity contribution is -0.140. The van der Waals surface area contributed by atoms with Gasteiger partial charge in [0.25, 0.3) is 0 Å². The summed E-state index contributed by atoms with van der Waals surface area (Å²) in [5.74, 6) is 0.187. The van der Waals surface area contributed by atoms with Crippen LogP contribution in [0.25, 0.3) is 0 Å². The number of nitrogens with zero attached hydrogens (tertiary/aromatic N) is 1. The Labute approximate surface area is 123 Å². The number of hydrogen-bond acceptors (Lipinski definition) is 5. The van der Waals surface area contributed by atoms with E-state index in [-0.39, 0.29) is 11.9 Å². The van der Waals surface area contributed by atoms with Crippen LogP contribution in [-0.2, 0) is 20.7 Å². The van der Waals surface area contributed by atoms with E-state index in [9.17, 15) is 9.59 Å². The predicted molar refractivity (Wildman–Crippen MR) is 79.8 cm³/mol. The lowest BCUT2D eigenvalue weighted by Crippen LogP contribution is -2.14. The Balaban J connectivity index is 2.35. The Morgan fingerprint density at radius 2 is 2.25 bits per heavy atom. The molecule has 1 unspecified atom stereocenters. The molecule has 0 bridgehead atoms. The number of hydrogen-bond donors (Lipinski definition) is 1. The maximum Gasteiger partial charge on any atom is 0.305 e. The first-order chi connectivity index (χ1) is 9.55. The fourth-order valence-corrected chi connectivity index (χ4v) is 2.39. The molecule has 6 heteroatoms. The molecular formula is C14H22N2O3S. The molecule has 0 aliphatic rings. The summed E-state index contributed by atoms with van der Waals surface area (Å²) in [7, 11) is 1.39. The van der Waals surface area contributed by atoms with Crippen LogP contribution in [0.1, 0.15) is 45.2 Å². The minimum absolute atomic E-state index is 0.00908. The molecule has 0 aromatic carbocycles. The van der Waals surface area contributed by atoms with Gasteiger partial charge in [0, 0.05) is 18.2 Å². The number of ether oxygens (including phenoxy) is 1. The van der Waals surface area contributed by atoms with E-state index in [4.69, 9.17) is 0 Å². The molecule has 1 amide bonds. The average molecular weight is 298 g/mol. The van der Waals surface area contributed by atoms with Gasteiger partial charge in [0.1, 0.15) is 0 Å². The van der Waals surface area contributed by atoms with Crippen molar-refractivity contribution >= 4 is 28.3 Å². The zero-order chi connectivity index (χ0) is 15.0. The molecule has 0 aliphatic heterocycles. The lowest BCUT2D eigenvalue weighted by atomic mass is 10.1. The van der Waals surface area contributed by atoms with Crippen molar-refractivity contribution in [3.63, 3.8) is 0 Å². The van der Waals surface area contributed by atoms with Crippen LogP contribution in [-0.4, -0.2) is 24.0 Å². The van der Waals surface area contributed by atoms with Crippen LogP contribution in [0.5, 0.6) is 0 Å². The number of carbonyl (C=O) groups excluding carboxylic acids is 2. The summed E-state index contributed by atoms with van der Waals surface area (Å²) in [5.41, 5.74) is 0.901. The van der Waals surface area contributed by atoms with Crippen molar-refractivity contribution in [2.45, 2.75) is 46.0 Å². The van der Waals surface area contributed by atoms with Crippen molar-refractivity contribution in [3.05, 3.63) is 11.1 Å². The quantitative estimate of drug-likeness (QED) is 0.749. The fraction of sp³-hybridized carbons (Fsp3) is 0.643. The predicted octanol–water partition coefficient (Wildman–Crippen LogP) is 3.01. The molecule has 0 radical (unpaired) electrons. The summed E-state index contributed by atoms with van der Waals surface area (Å²) in [6.45, 7) is 4.13. The molecule has 20 heavy (non-hydrogen) atoms. The minimum atomic E-state index is -0.206. The number of nitrogens with one attached hydrogen (secondary N) is 1. The Hall–Kier alpha value is -1.43. The molecule has 1 aromatic heterocycles. The normalized spacial score (nSPS) is 11.9. The molecular weight excluding hydrogens is 276 g/mol. The van der Waals surface area contributed by atoms with Crippen LogP contribution >= 0.6 is 11.3 Å². The number of methoxy groups -OCH3 is 1. The minimum Gasteiger partial charge on any atom is -0.469 e. The first-order valence-corrected chi connectivity index (χ1v) is 7.74. The van der Waals surface area contributed by atoms with E-state index >= 15 is 0 Å². The van der Waals surface area contributed by atoms with Crippen LogP contribution in [0.4, 0.5) is 5.13 Å². The number of aromatic nitrogens is 1. The Kier molecular flexibility index (Phi) is 7.22. The van der Waals surface area contributed by atoms with Crippen LogP contribution in [0.2, 0.25) is 0 Å². The van der Waals surface area contributed by atoms with E-state index in [0.717, 1.165) is 12.1 Å². The fourth-order valence-electron chi connectivity index (χ4n) is 1.63. The van der Waals surface area contributed by atoms with Gasteiger partial charge in [0.2, 0.25) is 5.91 Å². The number of esters is 1. The van der Waals surface area contributed by atoms with E-state index in [1.165, 1.54) is 18.4 Å². The lowest BCUT2D eigenvalue weighted by Gasteiger charge is -2.06. The summed E-state index contributed by atoms with van der Waals surface area (Å²) < 4.78 is 4.58. The third kappa shape index (κ3) is 6.14. The standard InChI is InChI=1S/C14H22N2O3S/c1-4-10(2)8-12(17)16-14-15-11(9-20-14)6-5-7-13(18)19-3/h9-10H,4-8H2,1-3H3,(H,15,16,17). The molecule has 0 saturated heterocycles. The molecule has 0 aliphatic carbocycles. The Morgan fingerprint density at radius 1 is 1.50 bits per heavy atom. The van der Waals surface area contributed by atoms with Gasteiger partial charge in [-0.3, -0.25) is 9.59 Å². The molecule has 0 spiro atoms.